The van der Waals surface area contributed by atoms with Gasteiger partial charge in [0.1, 0.15) is 12.6 Å². The molecule has 0 saturated heterocycles. The van der Waals surface area contributed by atoms with Gasteiger partial charge in [-0.25, -0.2) is 0 Å². The van der Waals surface area contributed by atoms with Gasteiger partial charge in [-0.05, 0) is 37.0 Å². The first-order valence-electron chi connectivity index (χ1n) is 5.16. The van der Waals surface area contributed by atoms with Crippen molar-refractivity contribution in [3.05, 3.63) is 0 Å². The summed E-state index contributed by atoms with van der Waals surface area (Å²) in [5, 5.41) is 0. The zero-order valence-electron chi connectivity index (χ0n) is 7.98. The molecule has 13 heavy (non-hydrogen) atoms. The van der Waals surface area contributed by atoms with Gasteiger partial charge >= 0.3 is 0 Å². The van der Waals surface area contributed by atoms with Gasteiger partial charge in [0, 0.05) is 11.8 Å². The summed E-state index contributed by atoms with van der Waals surface area (Å²) in [6.45, 7) is 2.01. The topological polar surface area (TPSA) is 34.1 Å². The molecule has 5 unspecified atom stereocenters. The van der Waals surface area contributed by atoms with E-state index in [0.29, 0.717) is 23.7 Å². The molecule has 2 rings (SSSR count). The lowest BCUT2D eigenvalue weighted by molar-refractivity contribution is -0.113. The molecule has 0 spiro atoms. The first-order chi connectivity index (χ1) is 6.26. The molecule has 2 aliphatic rings. The molecule has 2 aliphatic carbocycles. The van der Waals surface area contributed by atoms with Crippen molar-refractivity contribution >= 4 is 12.6 Å². The van der Waals surface area contributed by atoms with Crippen LogP contribution in [0.5, 0.6) is 0 Å². The largest absolute Gasteiger partial charge is 0.303 e. The molecule has 0 amide bonds. The molecule has 0 aromatic carbocycles. The molecule has 5 atom stereocenters. The van der Waals surface area contributed by atoms with E-state index in [2.05, 4.69) is 0 Å². The molecule has 0 heterocycles. The molecule has 0 N–H and O–H groups in total. The molecule has 2 saturated carbocycles. The normalized spacial score (nSPS) is 44.7. The average molecular weight is 180 g/mol. The molecule has 0 radical (unpaired) electrons. The molecule has 72 valence electrons. The Labute approximate surface area is 78.7 Å². The molecule has 2 fully saturated rings. The van der Waals surface area contributed by atoms with Crippen LogP contribution in [-0.4, -0.2) is 12.6 Å². The van der Waals surface area contributed by atoms with Gasteiger partial charge in [0.25, 0.3) is 0 Å². The highest BCUT2D eigenvalue weighted by molar-refractivity contribution is 5.56. The first-order valence-corrected chi connectivity index (χ1v) is 5.16. The van der Waals surface area contributed by atoms with E-state index >= 15 is 0 Å². The second-order valence-corrected chi connectivity index (χ2v) is 4.69. The van der Waals surface area contributed by atoms with Crippen LogP contribution in [0.1, 0.15) is 26.2 Å². The van der Waals surface area contributed by atoms with Gasteiger partial charge < -0.3 is 9.59 Å². The highest BCUT2D eigenvalue weighted by atomic mass is 16.1. The zero-order valence-corrected chi connectivity index (χ0v) is 7.98. The second-order valence-electron chi connectivity index (χ2n) is 4.69. The van der Waals surface area contributed by atoms with Gasteiger partial charge in [-0.15, -0.1) is 0 Å². The van der Waals surface area contributed by atoms with Crippen molar-refractivity contribution < 1.29 is 9.59 Å². The summed E-state index contributed by atoms with van der Waals surface area (Å²) in [7, 11) is 0. The minimum atomic E-state index is 0.197. The SMILES string of the molecule is CC(C=O)C1CC2CC1CC2C=O. The predicted octanol–water partition coefficient (Wildman–Crippen LogP) is 1.68. The number of rotatable bonds is 3. The van der Waals surface area contributed by atoms with Gasteiger partial charge in [-0.3, -0.25) is 0 Å². The lowest BCUT2D eigenvalue weighted by Crippen LogP contribution is -2.24. The fourth-order valence-corrected chi connectivity index (χ4v) is 3.28. The Morgan fingerprint density at radius 1 is 1.15 bits per heavy atom. The maximum atomic E-state index is 10.7. The molecule has 2 nitrogen and oxygen atoms in total. The van der Waals surface area contributed by atoms with Crippen LogP contribution in [0.2, 0.25) is 0 Å². The molecular weight excluding hydrogens is 164 g/mol. The highest BCUT2D eigenvalue weighted by Crippen LogP contribution is 2.53. The van der Waals surface area contributed by atoms with Crippen LogP contribution < -0.4 is 0 Å². The van der Waals surface area contributed by atoms with Crippen molar-refractivity contribution in [1.29, 1.82) is 0 Å². The molecule has 0 aromatic heterocycles. The van der Waals surface area contributed by atoms with E-state index in [4.69, 9.17) is 0 Å². The lowest BCUT2D eigenvalue weighted by Gasteiger charge is -2.26. The average Bonchev–Trinajstić information content (AvgIpc) is 2.74. The van der Waals surface area contributed by atoms with Crippen molar-refractivity contribution in [2.24, 2.45) is 29.6 Å². The summed E-state index contributed by atoms with van der Waals surface area (Å²) >= 11 is 0. The summed E-state index contributed by atoms with van der Waals surface area (Å²) in [5.74, 6) is 2.32. The lowest BCUT2D eigenvalue weighted by atomic mass is 9.77. The Bertz CT molecular complexity index is 224. The van der Waals surface area contributed by atoms with E-state index in [1.807, 2.05) is 6.92 Å². The second kappa shape index (κ2) is 3.24. The monoisotopic (exact) mass is 180 g/mol. The number of hydrogen-bond acceptors (Lipinski definition) is 2. The number of fused-ring (bicyclic) bond motifs is 2. The Morgan fingerprint density at radius 2 is 1.92 bits per heavy atom. The van der Waals surface area contributed by atoms with Gasteiger partial charge in [-0.1, -0.05) is 6.92 Å². The molecular formula is C11H16O2. The van der Waals surface area contributed by atoms with Crippen molar-refractivity contribution in [3.63, 3.8) is 0 Å². The van der Waals surface area contributed by atoms with Crippen molar-refractivity contribution in [1.82, 2.24) is 0 Å². The number of carbonyl (C=O) groups is 2. The van der Waals surface area contributed by atoms with Gasteiger partial charge in [0.15, 0.2) is 0 Å². The van der Waals surface area contributed by atoms with Gasteiger partial charge in [0.2, 0.25) is 0 Å². The molecule has 0 aromatic rings. The third kappa shape index (κ3) is 1.32. The van der Waals surface area contributed by atoms with E-state index < -0.39 is 0 Å². The highest BCUT2D eigenvalue weighted by Gasteiger charge is 2.47. The third-order valence-electron chi connectivity index (χ3n) is 4.03. The van der Waals surface area contributed by atoms with Crippen molar-refractivity contribution in [2.45, 2.75) is 26.2 Å². The van der Waals surface area contributed by atoms with Crippen LogP contribution in [0, 0.1) is 29.6 Å². The predicted molar refractivity (Wildman–Crippen MR) is 49.1 cm³/mol. The summed E-state index contributed by atoms with van der Waals surface area (Å²) in [4.78, 5) is 21.3. The van der Waals surface area contributed by atoms with Crippen LogP contribution in [0.3, 0.4) is 0 Å². The van der Waals surface area contributed by atoms with Crippen molar-refractivity contribution in [3.8, 4) is 0 Å². The van der Waals surface area contributed by atoms with E-state index in [1.54, 1.807) is 0 Å². The molecule has 0 aliphatic heterocycles. The van der Waals surface area contributed by atoms with Crippen LogP contribution in [0.25, 0.3) is 0 Å². The summed E-state index contributed by atoms with van der Waals surface area (Å²) in [6, 6.07) is 0. The Hall–Kier alpha value is -0.660. The van der Waals surface area contributed by atoms with Crippen LogP contribution >= 0.6 is 0 Å². The standard InChI is InChI=1S/C11H16O2/c1-7(5-12)11-4-8-2-9(11)3-10(8)6-13/h5-11H,2-4H2,1H3. The maximum absolute atomic E-state index is 10.7. The zero-order chi connectivity index (χ0) is 9.42. The Kier molecular flexibility index (Phi) is 2.22. The Morgan fingerprint density at radius 3 is 2.38 bits per heavy atom. The smallest absolute Gasteiger partial charge is 0.123 e. The number of aldehydes is 2. The van der Waals surface area contributed by atoms with Crippen LogP contribution in [0.4, 0.5) is 0 Å². The van der Waals surface area contributed by atoms with E-state index in [0.717, 1.165) is 25.4 Å². The summed E-state index contributed by atoms with van der Waals surface area (Å²) in [6.07, 6.45) is 5.52. The quantitative estimate of drug-likeness (QED) is 0.619. The van der Waals surface area contributed by atoms with Gasteiger partial charge in [0.05, 0.1) is 0 Å². The van der Waals surface area contributed by atoms with Crippen LogP contribution in [-0.2, 0) is 9.59 Å². The first kappa shape index (κ1) is 8.92. The van der Waals surface area contributed by atoms with Crippen molar-refractivity contribution in [2.75, 3.05) is 0 Å². The molecule has 2 bridgehead atoms. The number of hydrogen-bond donors (Lipinski definition) is 0. The summed E-state index contributed by atoms with van der Waals surface area (Å²) in [5.41, 5.74) is 0. The molecule has 2 heteroatoms. The van der Waals surface area contributed by atoms with E-state index in [1.165, 1.54) is 6.42 Å². The minimum Gasteiger partial charge on any atom is -0.303 e. The Balaban J connectivity index is 2.02. The van der Waals surface area contributed by atoms with Gasteiger partial charge in [-0.2, -0.15) is 0 Å². The fourth-order valence-electron chi connectivity index (χ4n) is 3.28. The maximum Gasteiger partial charge on any atom is 0.123 e. The third-order valence-corrected chi connectivity index (χ3v) is 4.03. The minimum absolute atomic E-state index is 0.197. The van der Waals surface area contributed by atoms with Crippen LogP contribution in [0.15, 0.2) is 0 Å². The number of carbonyl (C=O) groups excluding carboxylic acids is 2. The summed E-state index contributed by atoms with van der Waals surface area (Å²) < 4.78 is 0. The fraction of sp³-hybridized carbons (Fsp3) is 0.818. The van der Waals surface area contributed by atoms with E-state index in [-0.39, 0.29) is 5.92 Å². The van der Waals surface area contributed by atoms with E-state index in [9.17, 15) is 9.59 Å².